The van der Waals surface area contributed by atoms with Crippen LogP contribution < -0.4 is 0 Å². The average molecular weight is 252 g/mol. The van der Waals surface area contributed by atoms with Gasteiger partial charge in [-0.05, 0) is 50.4 Å². The van der Waals surface area contributed by atoms with E-state index >= 15 is 0 Å². The summed E-state index contributed by atoms with van der Waals surface area (Å²) in [5.41, 5.74) is 2.84. The first kappa shape index (κ1) is 14.7. The van der Waals surface area contributed by atoms with Crippen molar-refractivity contribution in [1.29, 1.82) is 0 Å². The van der Waals surface area contributed by atoms with Crippen LogP contribution in [-0.4, -0.2) is 14.4 Å². The molecule has 0 spiro atoms. The van der Waals surface area contributed by atoms with Gasteiger partial charge in [0.2, 0.25) is 0 Å². The van der Waals surface area contributed by atoms with Crippen molar-refractivity contribution < 1.29 is 4.43 Å². The molecule has 98 valence electrons. The molecule has 0 N–H and O–H groups in total. The van der Waals surface area contributed by atoms with E-state index in [4.69, 9.17) is 4.43 Å². The van der Waals surface area contributed by atoms with E-state index in [0.717, 1.165) is 12.8 Å². The van der Waals surface area contributed by atoms with E-state index in [-0.39, 0.29) is 0 Å². The van der Waals surface area contributed by atoms with Gasteiger partial charge in [-0.3, -0.25) is 0 Å². The molecule has 0 fully saturated rings. The predicted molar refractivity (Wildman–Crippen MR) is 78.8 cm³/mol. The number of rotatable bonds is 2. The van der Waals surface area contributed by atoms with Crippen LogP contribution in [0, 0.1) is 0 Å². The first-order valence-electron chi connectivity index (χ1n) is 6.65. The van der Waals surface area contributed by atoms with Crippen LogP contribution in [0.3, 0.4) is 0 Å². The van der Waals surface area contributed by atoms with Crippen molar-refractivity contribution in [2.75, 3.05) is 0 Å². The maximum absolute atomic E-state index is 6.52. The van der Waals surface area contributed by atoms with E-state index in [2.05, 4.69) is 59.9 Å². The molecule has 0 aromatic heterocycles. The molecular weight excluding hydrogens is 224 g/mol. The van der Waals surface area contributed by atoms with Crippen LogP contribution in [0.5, 0.6) is 0 Å². The maximum atomic E-state index is 6.52. The Morgan fingerprint density at radius 3 is 2.29 bits per heavy atom. The highest BCUT2D eigenvalue weighted by Crippen LogP contribution is 2.39. The van der Waals surface area contributed by atoms with Crippen molar-refractivity contribution in [1.82, 2.24) is 0 Å². The maximum Gasteiger partial charge on any atom is 0.192 e. The Bertz CT molecular complexity index is 331. The highest BCUT2D eigenvalue weighted by Gasteiger charge is 2.39. The molecule has 0 bridgehead atoms. The SMILES string of the molecule is CC1=CC=C(C)[C@@H](O[Si](C)(C)C(C)(C)C)CC1. The second-order valence-electron chi connectivity index (χ2n) is 6.83. The highest BCUT2D eigenvalue weighted by molar-refractivity contribution is 6.74. The van der Waals surface area contributed by atoms with E-state index in [9.17, 15) is 0 Å². The summed E-state index contributed by atoms with van der Waals surface area (Å²) >= 11 is 0. The van der Waals surface area contributed by atoms with Gasteiger partial charge in [-0.15, -0.1) is 0 Å². The number of allylic oxidation sites excluding steroid dienone is 3. The van der Waals surface area contributed by atoms with E-state index in [1.165, 1.54) is 11.1 Å². The molecule has 2 heteroatoms. The number of hydrogen-bond donors (Lipinski definition) is 0. The van der Waals surface area contributed by atoms with Crippen molar-refractivity contribution in [3.63, 3.8) is 0 Å². The van der Waals surface area contributed by atoms with Crippen molar-refractivity contribution >= 4 is 8.32 Å². The molecule has 1 aliphatic carbocycles. The van der Waals surface area contributed by atoms with Crippen LogP contribution in [0.4, 0.5) is 0 Å². The molecule has 0 heterocycles. The van der Waals surface area contributed by atoms with Gasteiger partial charge in [0.1, 0.15) is 0 Å². The van der Waals surface area contributed by atoms with Gasteiger partial charge >= 0.3 is 0 Å². The van der Waals surface area contributed by atoms with Crippen molar-refractivity contribution in [2.45, 2.75) is 71.7 Å². The summed E-state index contributed by atoms with van der Waals surface area (Å²) in [7, 11) is -1.64. The highest BCUT2D eigenvalue weighted by atomic mass is 28.4. The van der Waals surface area contributed by atoms with Gasteiger partial charge in [0.25, 0.3) is 0 Å². The normalized spacial score (nSPS) is 22.9. The Morgan fingerprint density at radius 1 is 1.18 bits per heavy atom. The zero-order chi connectivity index (χ0) is 13.3. The largest absolute Gasteiger partial charge is 0.410 e. The Kier molecular flexibility index (Phi) is 4.42. The summed E-state index contributed by atoms with van der Waals surface area (Å²) in [5, 5.41) is 0.294. The zero-order valence-electron chi connectivity index (χ0n) is 12.6. The van der Waals surface area contributed by atoms with Gasteiger partial charge in [0.05, 0.1) is 6.10 Å². The van der Waals surface area contributed by atoms with Crippen LogP contribution in [-0.2, 0) is 4.43 Å². The van der Waals surface area contributed by atoms with Crippen LogP contribution in [0.15, 0.2) is 23.3 Å². The number of hydrogen-bond acceptors (Lipinski definition) is 1. The Balaban J connectivity index is 2.77. The molecule has 1 nitrogen and oxygen atoms in total. The standard InChI is InChI=1S/C15H28OSi/c1-12-8-10-13(2)14(11-9-12)16-17(6,7)15(3,4)5/h8,10,14H,9,11H2,1-7H3/t14-/m0/s1. The summed E-state index contributed by atoms with van der Waals surface area (Å²) in [4.78, 5) is 0. The van der Waals surface area contributed by atoms with Crippen molar-refractivity contribution in [2.24, 2.45) is 0 Å². The molecule has 1 aliphatic rings. The summed E-state index contributed by atoms with van der Waals surface area (Å²) in [5.74, 6) is 0. The second-order valence-corrected chi connectivity index (χ2v) is 11.6. The minimum absolute atomic E-state index is 0.294. The van der Waals surface area contributed by atoms with Crippen LogP contribution in [0.25, 0.3) is 0 Å². The van der Waals surface area contributed by atoms with E-state index in [1.54, 1.807) is 0 Å². The van der Waals surface area contributed by atoms with E-state index < -0.39 is 8.32 Å². The molecule has 0 saturated carbocycles. The van der Waals surface area contributed by atoms with Crippen molar-refractivity contribution in [3.8, 4) is 0 Å². The third kappa shape index (κ3) is 3.82. The zero-order valence-corrected chi connectivity index (χ0v) is 13.6. The molecule has 0 aromatic carbocycles. The topological polar surface area (TPSA) is 9.23 Å². The van der Waals surface area contributed by atoms with Crippen LogP contribution >= 0.6 is 0 Å². The quantitative estimate of drug-likeness (QED) is 0.624. The molecule has 0 amide bonds. The average Bonchev–Trinajstić information content (AvgIpc) is 2.31. The van der Waals surface area contributed by atoms with Gasteiger partial charge in [0.15, 0.2) is 8.32 Å². The molecule has 0 radical (unpaired) electrons. The predicted octanol–water partition coefficient (Wildman–Crippen LogP) is 5.06. The van der Waals surface area contributed by atoms with Gasteiger partial charge < -0.3 is 4.43 Å². The fraction of sp³-hybridized carbons (Fsp3) is 0.733. The fourth-order valence-electron chi connectivity index (χ4n) is 1.74. The Labute approximate surface area is 108 Å². The monoisotopic (exact) mass is 252 g/mol. The lowest BCUT2D eigenvalue weighted by molar-refractivity contribution is 0.205. The third-order valence-electron chi connectivity index (χ3n) is 4.18. The summed E-state index contributed by atoms with van der Waals surface area (Å²) in [6, 6.07) is 0. The first-order valence-corrected chi connectivity index (χ1v) is 9.56. The molecule has 0 aromatic rings. The minimum Gasteiger partial charge on any atom is -0.410 e. The third-order valence-corrected chi connectivity index (χ3v) is 8.67. The smallest absolute Gasteiger partial charge is 0.192 e. The van der Waals surface area contributed by atoms with Crippen LogP contribution in [0.2, 0.25) is 18.1 Å². The molecule has 17 heavy (non-hydrogen) atoms. The first-order chi connectivity index (χ1) is 7.63. The lowest BCUT2D eigenvalue weighted by Gasteiger charge is -2.39. The van der Waals surface area contributed by atoms with E-state index in [1.807, 2.05) is 0 Å². The van der Waals surface area contributed by atoms with Gasteiger partial charge in [0, 0.05) is 0 Å². The molecule has 0 aliphatic heterocycles. The van der Waals surface area contributed by atoms with Crippen LogP contribution in [0.1, 0.15) is 47.5 Å². The molecule has 0 saturated heterocycles. The Morgan fingerprint density at radius 2 is 1.76 bits per heavy atom. The lowest BCUT2D eigenvalue weighted by atomic mass is 10.1. The van der Waals surface area contributed by atoms with Gasteiger partial charge in [-0.2, -0.15) is 0 Å². The Hall–Kier alpha value is -0.343. The summed E-state index contributed by atoms with van der Waals surface area (Å²) in [6.07, 6.45) is 7.10. The summed E-state index contributed by atoms with van der Waals surface area (Å²) < 4.78 is 6.52. The minimum atomic E-state index is -1.64. The van der Waals surface area contributed by atoms with E-state index in [0.29, 0.717) is 11.1 Å². The molecular formula is C15H28OSi. The molecule has 1 rings (SSSR count). The van der Waals surface area contributed by atoms with Gasteiger partial charge in [-0.25, -0.2) is 0 Å². The fourth-order valence-corrected chi connectivity index (χ4v) is 3.10. The molecule has 1 atom stereocenters. The summed E-state index contributed by atoms with van der Waals surface area (Å²) in [6.45, 7) is 16.0. The lowest BCUT2D eigenvalue weighted by Crippen LogP contribution is -2.44. The molecule has 0 unspecified atom stereocenters. The van der Waals surface area contributed by atoms with Gasteiger partial charge in [-0.1, -0.05) is 38.5 Å². The second kappa shape index (κ2) is 5.11. The van der Waals surface area contributed by atoms with Crippen molar-refractivity contribution in [3.05, 3.63) is 23.3 Å².